The van der Waals surface area contributed by atoms with Gasteiger partial charge in [0.25, 0.3) is 0 Å². The van der Waals surface area contributed by atoms with Gasteiger partial charge < -0.3 is 5.32 Å². The topological polar surface area (TPSA) is 55.7 Å². The third kappa shape index (κ3) is 2.82. The summed E-state index contributed by atoms with van der Waals surface area (Å²) in [5, 5.41) is 13.3. The Kier molecular flexibility index (Phi) is 4.71. The summed E-state index contributed by atoms with van der Waals surface area (Å²) in [6, 6.07) is 12.7. The summed E-state index contributed by atoms with van der Waals surface area (Å²) in [6.07, 6.45) is 3.59. The predicted molar refractivity (Wildman–Crippen MR) is 98.3 cm³/mol. The molecule has 0 saturated carbocycles. The number of aromatic nitrogens is 2. The maximum Gasteiger partial charge on any atom is 0.250 e. The van der Waals surface area contributed by atoms with Crippen LogP contribution in [0.5, 0.6) is 0 Å². The van der Waals surface area contributed by atoms with Crippen LogP contribution in [0.4, 0.5) is 5.82 Å². The van der Waals surface area contributed by atoms with Gasteiger partial charge in [-0.05, 0) is 30.0 Å². The van der Waals surface area contributed by atoms with Crippen LogP contribution < -0.4 is 9.72 Å². The molecule has 2 N–H and O–H groups in total. The third-order valence-corrected chi connectivity index (χ3v) is 4.50. The summed E-state index contributed by atoms with van der Waals surface area (Å²) < 4.78 is 2.14. The molecule has 2 aromatic heterocycles. The van der Waals surface area contributed by atoms with E-state index in [0.29, 0.717) is 5.92 Å². The van der Waals surface area contributed by atoms with Gasteiger partial charge in [0.1, 0.15) is 22.7 Å². The molecule has 3 rings (SSSR count). The number of imidazole rings is 1. The molecule has 0 unspecified atom stereocenters. The summed E-state index contributed by atoms with van der Waals surface area (Å²) in [6.45, 7) is 7.43. The van der Waals surface area contributed by atoms with E-state index in [0.717, 1.165) is 46.6 Å². The fourth-order valence-electron chi connectivity index (χ4n) is 3.22. The van der Waals surface area contributed by atoms with Crippen LogP contribution in [0.15, 0.2) is 30.3 Å². The molecule has 4 heteroatoms. The SMILES string of the molecule is CCCCCNc1cc(C(C)C)c(C#N)c2[nH]c3ccccc3[n+]12. The molecule has 0 saturated heterocycles. The largest absolute Gasteiger partial charge is 0.305 e. The Morgan fingerprint density at radius 1 is 1.25 bits per heavy atom. The Balaban J connectivity index is 2.22. The highest BCUT2D eigenvalue weighted by atomic mass is 15.1. The number of nitrogens with zero attached hydrogens (tertiary/aromatic N) is 2. The zero-order valence-corrected chi connectivity index (χ0v) is 14.7. The van der Waals surface area contributed by atoms with E-state index in [1.165, 1.54) is 12.8 Å². The van der Waals surface area contributed by atoms with Crippen molar-refractivity contribution in [1.82, 2.24) is 4.98 Å². The Morgan fingerprint density at radius 2 is 2.04 bits per heavy atom. The van der Waals surface area contributed by atoms with Gasteiger partial charge in [0.2, 0.25) is 11.5 Å². The number of nitriles is 1. The molecule has 0 aliphatic heterocycles. The van der Waals surface area contributed by atoms with Crippen LogP contribution >= 0.6 is 0 Å². The van der Waals surface area contributed by atoms with E-state index in [1.54, 1.807) is 0 Å². The quantitative estimate of drug-likeness (QED) is 0.518. The first-order chi connectivity index (χ1) is 11.7. The highest BCUT2D eigenvalue weighted by Crippen LogP contribution is 2.25. The van der Waals surface area contributed by atoms with Gasteiger partial charge in [0, 0.05) is 6.07 Å². The van der Waals surface area contributed by atoms with E-state index < -0.39 is 0 Å². The number of aromatic amines is 1. The summed E-state index contributed by atoms with van der Waals surface area (Å²) >= 11 is 0. The van der Waals surface area contributed by atoms with Gasteiger partial charge in [-0.1, -0.05) is 45.7 Å². The number of hydrogen-bond acceptors (Lipinski definition) is 2. The van der Waals surface area contributed by atoms with Gasteiger partial charge in [-0.15, -0.1) is 0 Å². The van der Waals surface area contributed by atoms with Crippen molar-refractivity contribution in [2.24, 2.45) is 0 Å². The Hall–Kier alpha value is -2.54. The lowest BCUT2D eigenvalue weighted by Crippen LogP contribution is -2.28. The van der Waals surface area contributed by atoms with Crippen molar-refractivity contribution < 1.29 is 4.40 Å². The average molecular weight is 321 g/mol. The Morgan fingerprint density at radius 3 is 2.75 bits per heavy atom. The molecule has 0 fully saturated rings. The third-order valence-electron chi connectivity index (χ3n) is 4.50. The molecule has 0 radical (unpaired) electrons. The molecule has 0 amide bonds. The van der Waals surface area contributed by atoms with E-state index in [9.17, 15) is 5.26 Å². The van der Waals surface area contributed by atoms with Crippen LogP contribution in [0.3, 0.4) is 0 Å². The van der Waals surface area contributed by atoms with Gasteiger partial charge in [-0.3, -0.25) is 4.98 Å². The molecule has 0 aliphatic rings. The van der Waals surface area contributed by atoms with Crippen LogP contribution in [0.2, 0.25) is 0 Å². The van der Waals surface area contributed by atoms with Gasteiger partial charge >= 0.3 is 0 Å². The lowest BCUT2D eigenvalue weighted by molar-refractivity contribution is -0.465. The number of para-hydroxylation sites is 2. The van der Waals surface area contributed by atoms with E-state index in [-0.39, 0.29) is 0 Å². The minimum Gasteiger partial charge on any atom is -0.305 e. The second kappa shape index (κ2) is 6.92. The lowest BCUT2D eigenvalue weighted by atomic mass is 9.99. The molecule has 0 atom stereocenters. The van der Waals surface area contributed by atoms with Gasteiger partial charge in [-0.25, -0.2) is 0 Å². The van der Waals surface area contributed by atoms with Crippen LogP contribution in [-0.4, -0.2) is 11.5 Å². The zero-order chi connectivity index (χ0) is 17.1. The predicted octanol–water partition coefficient (Wildman–Crippen LogP) is 4.50. The first-order valence-corrected chi connectivity index (χ1v) is 8.80. The van der Waals surface area contributed by atoms with Crippen molar-refractivity contribution >= 4 is 22.5 Å². The van der Waals surface area contributed by atoms with Crippen molar-refractivity contribution in [3.8, 4) is 6.07 Å². The number of benzene rings is 1. The number of unbranched alkanes of at least 4 members (excludes halogenated alkanes) is 2. The maximum absolute atomic E-state index is 9.72. The summed E-state index contributed by atoms with van der Waals surface area (Å²) in [7, 11) is 0. The van der Waals surface area contributed by atoms with E-state index in [4.69, 9.17) is 0 Å². The fourth-order valence-corrected chi connectivity index (χ4v) is 3.22. The van der Waals surface area contributed by atoms with Crippen molar-refractivity contribution in [2.45, 2.75) is 46.0 Å². The number of pyridine rings is 1. The summed E-state index contributed by atoms with van der Waals surface area (Å²) in [4.78, 5) is 3.44. The Bertz CT molecular complexity index is 899. The monoisotopic (exact) mass is 321 g/mol. The number of rotatable bonds is 6. The van der Waals surface area contributed by atoms with Gasteiger partial charge in [0.15, 0.2) is 0 Å². The number of H-pyrrole nitrogens is 1. The van der Waals surface area contributed by atoms with Crippen LogP contribution in [0.1, 0.15) is 57.1 Å². The molecule has 1 aromatic carbocycles. The first-order valence-electron chi connectivity index (χ1n) is 8.80. The molecule has 0 spiro atoms. The second-order valence-electron chi connectivity index (χ2n) is 6.59. The maximum atomic E-state index is 9.72. The summed E-state index contributed by atoms with van der Waals surface area (Å²) in [5.74, 6) is 1.36. The fraction of sp³-hybridized carbons (Fsp3) is 0.400. The normalized spacial score (nSPS) is 11.3. The van der Waals surface area contributed by atoms with E-state index in [2.05, 4.69) is 59.7 Å². The second-order valence-corrected chi connectivity index (χ2v) is 6.59. The molecule has 2 heterocycles. The Labute approximate surface area is 143 Å². The van der Waals surface area contributed by atoms with Gasteiger partial charge in [0.05, 0.1) is 6.54 Å². The van der Waals surface area contributed by atoms with Crippen LogP contribution in [-0.2, 0) is 0 Å². The molecule has 3 aromatic rings. The number of fused-ring (bicyclic) bond motifs is 3. The minimum absolute atomic E-state index is 0.298. The molecule has 4 nitrogen and oxygen atoms in total. The van der Waals surface area contributed by atoms with Crippen molar-refractivity contribution in [1.29, 1.82) is 5.26 Å². The molecule has 124 valence electrons. The van der Waals surface area contributed by atoms with Gasteiger partial charge in [-0.2, -0.15) is 9.66 Å². The smallest absolute Gasteiger partial charge is 0.250 e. The van der Waals surface area contributed by atoms with Crippen LogP contribution in [0, 0.1) is 11.3 Å². The van der Waals surface area contributed by atoms with Crippen molar-refractivity contribution in [2.75, 3.05) is 11.9 Å². The van der Waals surface area contributed by atoms with Crippen molar-refractivity contribution in [3.05, 3.63) is 41.5 Å². The molecule has 0 aliphatic carbocycles. The highest BCUT2D eigenvalue weighted by molar-refractivity contribution is 5.77. The molecular formula is C20H25N4+. The van der Waals surface area contributed by atoms with Crippen molar-refractivity contribution in [3.63, 3.8) is 0 Å². The number of nitrogens with one attached hydrogen (secondary N) is 2. The minimum atomic E-state index is 0.298. The molecule has 24 heavy (non-hydrogen) atoms. The van der Waals surface area contributed by atoms with Crippen LogP contribution in [0.25, 0.3) is 16.7 Å². The standard InChI is InChI=1S/C20H24N4/c1-4-5-8-11-22-19-12-15(14(2)3)16(13-21)20-23-17-9-6-7-10-18(17)24(19)20/h6-7,9-10,12,14H,4-5,8,11H2,1-3H3,(H,22,23)/p+1. The highest BCUT2D eigenvalue weighted by Gasteiger charge is 2.22. The molecular weight excluding hydrogens is 296 g/mol. The average Bonchev–Trinajstić information content (AvgIpc) is 2.97. The zero-order valence-electron chi connectivity index (χ0n) is 14.7. The molecule has 0 bridgehead atoms. The van der Waals surface area contributed by atoms with E-state index in [1.807, 2.05) is 12.1 Å². The number of hydrogen-bond donors (Lipinski definition) is 2. The lowest BCUT2D eigenvalue weighted by Gasteiger charge is -2.11. The summed E-state index contributed by atoms with van der Waals surface area (Å²) in [5.41, 5.74) is 4.84. The van der Waals surface area contributed by atoms with E-state index >= 15 is 0 Å². The number of anilines is 1. The first kappa shape index (κ1) is 16.3.